The van der Waals surface area contributed by atoms with Gasteiger partial charge in [0.05, 0.1) is 13.2 Å². The summed E-state index contributed by atoms with van der Waals surface area (Å²) in [6.45, 7) is 6.32. The van der Waals surface area contributed by atoms with Crippen LogP contribution in [0.1, 0.15) is 19.8 Å². The zero-order valence-corrected chi connectivity index (χ0v) is 11.3. The summed E-state index contributed by atoms with van der Waals surface area (Å²) in [6, 6.07) is -1.91. The Hall–Kier alpha value is -2.09. The van der Waals surface area contributed by atoms with E-state index in [9.17, 15) is 14.4 Å². The number of nitrogens with one attached hydrogen (secondary N) is 2. The largest absolute Gasteiger partial charge is 0.481 e. The van der Waals surface area contributed by atoms with Crippen LogP contribution in [0.5, 0.6) is 0 Å². The first-order chi connectivity index (χ1) is 9.32. The van der Waals surface area contributed by atoms with Crippen molar-refractivity contribution in [1.82, 2.24) is 10.6 Å². The molecule has 0 saturated heterocycles. The molecular formula is C12H20N2O6. The number of rotatable bonds is 10. The highest BCUT2D eigenvalue weighted by Crippen LogP contribution is 1.97. The number of hydrogen-bond acceptors (Lipinski definition) is 4. The molecule has 1 unspecified atom stereocenters. The first-order valence-corrected chi connectivity index (χ1v) is 6.04. The summed E-state index contributed by atoms with van der Waals surface area (Å²) in [6.07, 6.45) is -0.511. The second-order valence-corrected chi connectivity index (χ2v) is 4.23. The van der Waals surface area contributed by atoms with Crippen molar-refractivity contribution < 1.29 is 29.3 Å². The zero-order chi connectivity index (χ0) is 15.5. The number of carbonyl (C=O) groups is 3. The lowest BCUT2D eigenvalue weighted by molar-refractivity contribution is -0.140. The van der Waals surface area contributed by atoms with Gasteiger partial charge in [0.2, 0.25) is 0 Å². The molecule has 0 aliphatic heterocycles. The van der Waals surface area contributed by atoms with Crippen LogP contribution >= 0.6 is 0 Å². The van der Waals surface area contributed by atoms with E-state index in [2.05, 4.69) is 17.2 Å². The molecule has 20 heavy (non-hydrogen) atoms. The Morgan fingerprint density at radius 3 is 2.45 bits per heavy atom. The molecule has 0 aromatic carbocycles. The van der Waals surface area contributed by atoms with Gasteiger partial charge in [-0.05, 0) is 13.3 Å². The SMILES string of the molecule is C=C(C)COCCNC(=O)NC(CCC(=O)O)C(=O)O. The summed E-state index contributed by atoms with van der Waals surface area (Å²) in [5.74, 6) is -2.40. The molecule has 2 amide bonds. The Kier molecular flexibility index (Phi) is 8.77. The average Bonchev–Trinajstić information content (AvgIpc) is 2.32. The Bertz CT molecular complexity index is 369. The zero-order valence-electron chi connectivity index (χ0n) is 11.3. The maximum absolute atomic E-state index is 11.4. The van der Waals surface area contributed by atoms with Gasteiger partial charge in [0.25, 0.3) is 0 Å². The van der Waals surface area contributed by atoms with Crippen LogP contribution in [0, 0.1) is 0 Å². The summed E-state index contributed by atoms with van der Waals surface area (Å²) in [5.41, 5.74) is 0.856. The third-order valence-corrected chi connectivity index (χ3v) is 2.13. The highest BCUT2D eigenvalue weighted by Gasteiger charge is 2.20. The van der Waals surface area contributed by atoms with Gasteiger partial charge in [0.15, 0.2) is 0 Å². The first kappa shape index (κ1) is 17.9. The number of carboxylic acid groups (broad SMARTS) is 2. The molecule has 0 bridgehead atoms. The van der Waals surface area contributed by atoms with E-state index >= 15 is 0 Å². The predicted octanol–water partition coefficient (Wildman–Crippen LogP) is 0.196. The molecular weight excluding hydrogens is 268 g/mol. The van der Waals surface area contributed by atoms with Crippen molar-refractivity contribution in [2.75, 3.05) is 19.8 Å². The molecule has 1 atom stereocenters. The van der Waals surface area contributed by atoms with Crippen LogP contribution < -0.4 is 10.6 Å². The number of hydrogen-bond donors (Lipinski definition) is 4. The molecule has 8 nitrogen and oxygen atoms in total. The van der Waals surface area contributed by atoms with Crippen molar-refractivity contribution in [1.29, 1.82) is 0 Å². The molecule has 0 aliphatic carbocycles. The van der Waals surface area contributed by atoms with Gasteiger partial charge in [0, 0.05) is 13.0 Å². The lowest BCUT2D eigenvalue weighted by atomic mass is 10.1. The second-order valence-electron chi connectivity index (χ2n) is 4.23. The van der Waals surface area contributed by atoms with Crippen molar-refractivity contribution in [3.8, 4) is 0 Å². The van der Waals surface area contributed by atoms with Gasteiger partial charge < -0.3 is 25.6 Å². The van der Waals surface area contributed by atoms with Gasteiger partial charge >= 0.3 is 18.0 Å². The fourth-order valence-electron chi connectivity index (χ4n) is 1.22. The third-order valence-electron chi connectivity index (χ3n) is 2.13. The highest BCUT2D eigenvalue weighted by molar-refractivity contribution is 5.82. The number of ether oxygens (including phenoxy) is 1. The van der Waals surface area contributed by atoms with E-state index in [1.807, 2.05) is 0 Å². The smallest absolute Gasteiger partial charge is 0.326 e. The van der Waals surface area contributed by atoms with Crippen LogP contribution in [-0.4, -0.2) is 54.0 Å². The normalized spacial score (nSPS) is 11.4. The summed E-state index contributed by atoms with van der Waals surface area (Å²) in [4.78, 5) is 32.6. The highest BCUT2D eigenvalue weighted by atomic mass is 16.5. The third kappa shape index (κ3) is 9.89. The lowest BCUT2D eigenvalue weighted by Gasteiger charge is -2.14. The van der Waals surface area contributed by atoms with Gasteiger partial charge in [-0.15, -0.1) is 0 Å². The van der Waals surface area contributed by atoms with Crippen molar-refractivity contribution in [2.45, 2.75) is 25.8 Å². The van der Waals surface area contributed by atoms with Gasteiger partial charge in [-0.3, -0.25) is 4.79 Å². The number of carbonyl (C=O) groups excluding carboxylic acids is 1. The van der Waals surface area contributed by atoms with Crippen LogP contribution in [0.25, 0.3) is 0 Å². The predicted molar refractivity (Wildman–Crippen MR) is 70.5 cm³/mol. The van der Waals surface area contributed by atoms with E-state index in [1.165, 1.54) is 0 Å². The molecule has 0 radical (unpaired) electrons. The molecule has 0 aromatic heterocycles. The Balaban J connectivity index is 3.92. The maximum Gasteiger partial charge on any atom is 0.326 e. The van der Waals surface area contributed by atoms with E-state index in [4.69, 9.17) is 14.9 Å². The second kappa shape index (κ2) is 9.79. The van der Waals surface area contributed by atoms with Crippen molar-refractivity contribution >= 4 is 18.0 Å². The Morgan fingerprint density at radius 1 is 1.30 bits per heavy atom. The number of aliphatic carboxylic acids is 2. The first-order valence-electron chi connectivity index (χ1n) is 6.04. The summed E-state index contributed by atoms with van der Waals surface area (Å²) < 4.78 is 5.14. The van der Waals surface area contributed by atoms with Crippen LogP contribution in [0.3, 0.4) is 0 Å². The van der Waals surface area contributed by atoms with E-state index in [1.54, 1.807) is 6.92 Å². The monoisotopic (exact) mass is 288 g/mol. The van der Waals surface area contributed by atoms with Crippen LogP contribution in [-0.2, 0) is 14.3 Å². The summed E-state index contributed by atoms with van der Waals surface area (Å²) in [5, 5.41) is 21.9. The Labute approximate surface area is 116 Å². The van der Waals surface area contributed by atoms with E-state index < -0.39 is 24.0 Å². The molecule has 0 aromatic rings. The minimum atomic E-state index is -1.28. The van der Waals surface area contributed by atoms with Crippen molar-refractivity contribution in [3.63, 3.8) is 0 Å². The topological polar surface area (TPSA) is 125 Å². The minimum Gasteiger partial charge on any atom is -0.481 e. The molecule has 0 spiro atoms. The lowest BCUT2D eigenvalue weighted by Crippen LogP contribution is -2.46. The molecule has 0 fully saturated rings. The van der Waals surface area contributed by atoms with E-state index in [-0.39, 0.29) is 26.0 Å². The molecule has 4 N–H and O–H groups in total. The van der Waals surface area contributed by atoms with Gasteiger partial charge in [-0.25, -0.2) is 9.59 Å². The van der Waals surface area contributed by atoms with Gasteiger partial charge in [-0.2, -0.15) is 0 Å². The van der Waals surface area contributed by atoms with Crippen LogP contribution in [0.2, 0.25) is 0 Å². The van der Waals surface area contributed by atoms with Gasteiger partial charge in [-0.1, -0.05) is 12.2 Å². The average molecular weight is 288 g/mol. The molecule has 8 heteroatoms. The molecule has 0 rings (SSSR count). The van der Waals surface area contributed by atoms with Crippen LogP contribution in [0.4, 0.5) is 4.79 Å². The molecule has 0 aliphatic rings. The number of carboxylic acids is 2. The maximum atomic E-state index is 11.4. The quantitative estimate of drug-likeness (QED) is 0.336. The number of urea groups is 1. The Morgan fingerprint density at radius 2 is 1.95 bits per heavy atom. The fourth-order valence-corrected chi connectivity index (χ4v) is 1.22. The van der Waals surface area contributed by atoms with Gasteiger partial charge in [0.1, 0.15) is 6.04 Å². The van der Waals surface area contributed by atoms with Crippen molar-refractivity contribution in [2.24, 2.45) is 0 Å². The summed E-state index contributed by atoms with van der Waals surface area (Å²) >= 11 is 0. The van der Waals surface area contributed by atoms with Crippen LogP contribution in [0.15, 0.2) is 12.2 Å². The summed E-state index contributed by atoms with van der Waals surface area (Å²) in [7, 11) is 0. The van der Waals surface area contributed by atoms with E-state index in [0.717, 1.165) is 5.57 Å². The molecule has 0 heterocycles. The molecule has 114 valence electrons. The minimum absolute atomic E-state index is 0.176. The molecule has 0 saturated carbocycles. The fraction of sp³-hybridized carbons (Fsp3) is 0.583. The van der Waals surface area contributed by atoms with Crippen molar-refractivity contribution in [3.05, 3.63) is 12.2 Å². The number of amides is 2. The van der Waals surface area contributed by atoms with E-state index in [0.29, 0.717) is 6.61 Å². The standard InChI is InChI=1S/C12H20N2O6/c1-8(2)7-20-6-5-13-12(19)14-9(11(17)18)3-4-10(15)16/h9H,1,3-7H2,2H3,(H,15,16)(H,17,18)(H2,13,14,19).